The van der Waals surface area contributed by atoms with Crippen LogP contribution in [0.3, 0.4) is 0 Å². The lowest BCUT2D eigenvalue weighted by Gasteiger charge is -2.02. The van der Waals surface area contributed by atoms with Crippen molar-refractivity contribution in [3.8, 4) is 0 Å². The fraction of sp³-hybridized carbons (Fsp3) is 0.111. The molecule has 0 amide bonds. The number of nitrogens with one attached hydrogen (secondary N) is 1. The van der Waals surface area contributed by atoms with Gasteiger partial charge >= 0.3 is 0 Å². The van der Waals surface area contributed by atoms with Gasteiger partial charge in [0.2, 0.25) is 0 Å². The van der Waals surface area contributed by atoms with E-state index in [2.05, 4.69) is 31.4 Å². The third-order valence-electron chi connectivity index (χ3n) is 1.55. The van der Waals surface area contributed by atoms with E-state index in [1.807, 2.05) is 6.92 Å². The fourth-order valence-corrected chi connectivity index (χ4v) is 0.978. The molecule has 1 radical (unpaired) electrons. The Balaban J connectivity index is 2.19. The van der Waals surface area contributed by atoms with Crippen LogP contribution in [-0.4, -0.2) is 19.9 Å². The monoisotopic (exact) mass is 186 g/mol. The molecule has 2 rings (SSSR count). The highest BCUT2D eigenvalue weighted by atomic mass is 15.1. The fourth-order valence-electron chi connectivity index (χ4n) is 0.978. The summed E-state index contributed by atoms with van der Waals surface area (Å²) in [4.78, 5) is 15.8. The van der Waals surface area contributed by atoms with Crippen LogP contribution in [0.25, 0.3) is 0 Å². The molecule has 5 nitrogen and oxygen atoms in total. The van der Waals surface area contributed by atoms with E-state index in [0.29, 0.717) is 17.5 Å². The SMILES string of the molecule is Cc1n[c]cc(Nc2ccncn2)n1. The zero-order chi connectivity index (χ0) is 9.80. The van der Waals surface area contributed by atoms with Crippen LogP contribution in [0.4, 0.5) is 11.6 Å². The lowest BCUT2D eigenvalue weighted by molar-refractivity contribution is 1.04. The molecule has 5 heteroatoms. The van der Waals surface area contributed by atoms with E-state index in [1.54, 1.807) is 18.3 Å². The number of hydrogen-bond acceptors (Lipinski definition) is 5. The zero-order valence-corrected chi connectivity index (χ0v) is 7.60. The third-order valence-corrected chi connectivity index (χ3v) is 1.55. The van der Waals surface area contributed by atoms with Crippen LogP contribution in [0, 0.1) is 13.1 Å². The van der Waals surface area contributed by atoms with Crippen LogP contribution < -0.4 is 5.32 Å². The summed E-state index contributed by atoms with van der Waals surface area (Å²) in [5.74, 6) is 2.05. The highest BCUT2D eigenvalue weighted by Gasteiger charge is 1.96. The van der Waals surface area contributed by atoms with Gasteiger partial charge in [-0.1, -0.05) is 0 Å². The van der Waals surface area contributed by atoms with Crippen LogP contribution in [0.5, 0.6) is 0 Å². The first kappa shape index (κ1) is 8.55. The minimum atomic E-state index is 0.670. The summed E-state index contributed by atoms with van der Waals surface area (Å²) in [5, 5.41) is 3.01. The smallest absolute Gasteiger partial charge is 0.135 e. The molecule has 2 heterocycles. The molecule has 2 aromatic rings. The Morgan fingerprint density at radius 3 is 3.00 bits per heavy atom. The molecular formula is C9H8N5. The second-order valence-corrected chi connectivity index (χ2v) is 2.65. The van der Waals surface area contributed by atoms with E-state index in [4.69, 9.17) is 0 Å². The van der Waals surface area contributed by atoms with Crippen LogP contribution in [0.2, 0.25) is 0 Å². The third kappa shape index (κ3) is 2.01. The van der Waals surface area contributed by atoms with Crippen molar-refractivity contribution in [1.29, 1.82) is 0 Å². The molecule has 0 unspecified atom stereocenters. The summed E-state index contributed by atoms with van der Waals surface area (Å²) in [5.41, 5.74) is 0. The molecule has 0 atom stereocenters. The molecule has 0 aliphatic heterocycles. The number of nitrogens with zero attached hydrogens (tertiary/aromatic N) is 4. The second-order valence-electron chi connectivity index (χ2n) is 2.65. The maximum atomic E-state index is 4.15. The summed E-state index contributed by atoms with van der Waals surface area (Å²) < 4.78 is 0. The first-order valence-electron chi connectivity index (χ1n) is 4.09. The molecular weight excluding hydrogens is 178 g/mol. The molecule has 1 N–H and O–H groups in total. The van der Waals surface area contributed by atoms with Crippen molar-refractivity contribution >= 4 is 11.6 Å². The lowest BCUT2D eigenvalue weighted by Crippen LogP contribution is -1.98. The summed E-state index contributed by atoms with van der Waals surface area (Å²) >= 11 is 0. The maximum absolute atomic E-state index is 4.15. The molecule has 2 aromatic heterocycles. The van der Waals surface area contributed by atoms with Gasteiger partial charge in [-0.2, -0.15) is 0 Å². The Morgan fingerprint density at radius 1 is 1.36 bits per heavy atom. The predicted molar refractivity (Wildman–Crippen MR) is 50.9 cm³/mol. The topological polar surface area (TPSA) is 63.6 Å². The standard InChI is InChI=1S/C9H8N5/c1-7-11-5-3-9(13-7)14-8-2-4-10-6-12-8/h2-4,6H,1H3,(H,10,11,12,13,14). The molecule has 0 aliphatic carbocycles. The molecule has 0 fully saturated rings. The van der Waals surface area contributed by atoms with Gasteiger partial charge in [-0.05, 0) is 13.0 Å². The van der Waals surface area contributed by atoms with Gasteiger partial charge in [-0.25, -0.2) is 19.9 Å². The van der Waals surface area contributed by atoms with Crippen molar-refractivity contribution in [2.24, 2.45) is 0 Å². The number of aromatic nitrogens is 4. The lowest BCUT2D eigenvalue weighted by atomic mass is 10.5. The summed E-state index contributed by atoms with van der Waals surface area (Å²) in [6.07, 6.45) is 5.86. The van der Waals surface area contributed by atoms with E-state index < -0.39 is 0 Å². The Labute approximate surface area is 81.3 Å². The Bertz CT molecular complexity index is 415. The van der Waals surface area contributed by atoms with Gasteiger partial charge in [0.15, 0.2) is 0 Å². The number of anilines is 2. The van der Waals surface area contributed by atoms with E-state index >= 15 is 0 Å². The van der Waals surface area contributed by atoms with Gasteiger partial charge in [-0.15, -0.1) is 0 Å². The maximum Gasteiger partial charge on any atom is 0.135 e. The van der Waals surface area contributed by atoms with Gasteiger partial charge in [0, 0.05) is 12.3 Å². The Morgan fingerprint density at radius 2 is 2.29 bits per heavy atom. The number of rotatable bonds is 2. The normalized spacial score (nSPS) is 9.79. The second kappa shape index (κ2) is 3.78. The first-order valence-corrected chi connectivity index (χ1v) is 4.09. The van der Waals surface area contributed by atoms with Crippen molar-refractivity contribution in [2.45, 2.75) is 6.92 Å². The first-order chi connectivity index (χ1) is 6.84. The van der Waals surface area contributed by atoms with Crippen LogP contribution >= 0.6 is 0 Å². The van der Waals surface area contributed by atoms with Gasteiger partial charge < -0.3 is 5.32 Å². The van der Waals surface area contributed by atoms with Crippen LogP contribution in [0.1, 0.15) is 5.82 Å². The molecule has 0 bridgehead atoms. The van der Waals surface area contributed by atoms with Crippen molar-refractivity contribution in [3.05, 3.63) is 36.7 Å². The number of aryl methyl sites for hydroxylation is 1. The van der Waals surface area contributed by atoms with Gasteiger partial charge in [-0.3, -0.25) is 0 Å². The molecule has 0 saturated carbocycles. The highest BCUT2D eigenvalue weighted by molar-refractivity contribution is 5.49. The van der Waals surface area contributed by atoms with Gasteiger partial charge in [0.05, 0.1) is 6.20 Å². The van der Waals surface area contributed by atoms with Crippen molar-refractivity contribution < 1.29 is 0 Å². The zero-order valence-electron chi connectivity index (χ0n) is 7.60. The van der Waals surface area contributed by atoms with E-state index in [9.17, 15) is 0 Å². The van der Waals surface area contributed by atoms with Crippen LogP contribution in [-0.2, 0) is 0 Å². The van der Waals surface area contributed by atoms with Crippen LogP contribution in [0.15, 0.2) is 24.7 Å². The van der Waals surface area contributed by atoms with E-state index in [0.717, 1.165) is 0 Å². The molecule has 0 saturated heterocycles. The molecule has 0 spiro atoms. The number of hydrogen-bond donors (Lipinski definition) is 1. The highest BCUT2D eigenvalue weighted by Crippen LogP contribution is 2.08. The minimum Gasteiger partial charge on any atom is -0.325 e. The molecule has 0 aliphatic rings. The summed E-state index contributed by atoms with van der Waals surface area (Å²) in [7, 11) is 0. The average Bonchev–Trinajstić information content (AvgIpc) is 2.19. The van der Waals surface area contributed by atoms with Crippen molar-refractivity contribution in [3.63, 3.8) is 0 Å². The predicted octanol–water partition coefficient (Wildman–Crippen LogP) is 1.12. The Kier molecular flexibility index (Phi) is 2.31. The van der Waals surface area contributed by atoms with E-state index in [-0.39, 0.29) is 0 Å². The summed E-state index contributed by atoms with van der Waals surface area (Å²) in [6.45, 7) is 1.81. The van der Waals surface area contributed by atoms with Crippen molar-refractivity contribution in [1.82, 2.24) is 19.9 Å². The van der Waals surface area contributed by atoms with Crippen molar-refractivity contribution in [2.75, 3.05) is 5.32 Å². The molecule has 0 aromatic carbocycles. The minimum absolute atomic E-state index is 0.670. The Hall–Kier alpha value is -2.04. The molecule has 69 valence electrons. The largest absolute Gasteiger partial charge is 0.325 e. The molecule has 14 heavy (non-hydrogen) atoms. The van der Waals surface area contributed by atoms with Gasteiger partial charge in [0.25, 0.3) is 0 Å². The van der Waals surface area contributed by atoms with Gasteiger partial charge in [0.1, 0.15) is 23.8 Å². The average molecular weight is 186 g/mol. The quantitative estimate of drug-likeness (QED) is 0.761. The van der Waals surface area contributed by atoms with E-state index in [1.165, 1.54) is 6.33 Å². The summed E-state index contributed by atoms with van der Waals surface area (Å²) in [6, 6.07) is 3.42.